The molecular formula is C18H30NO2+. The summed E-state index contributed by atoms with van der Waals surface area (Å²) in [6, 6.07) is 8.86. The fraction of sp³-hybridized carbons (Fsp3) is 0.667. The van der Waals surface area contributed by atoms with Gasteiger partial charge in [-0.1, -0.05) is 37.5 Å². The first-order valence-corrected chi connectivity index (χ1v) is 8.40. The lowest BCUT2D eigenvalue weighted by Crippen LogP contribution is -2.90. The molecule has 0 radical (unpaired) electrons. The number of nitrogens with two attached hydrogens (primary N) is 1. The highest BCUT2D eigenvalue weighted by atomic mass is 16.5. The molecule has 2 rings (SSSR count). The summed E-state index contributed by atoms with van der Waals surface area (Å²) in [6.07, 6.45) is 6.14. The summed E-state index contributed by atoms with van der Waals surface area (Å²) in [6.45, 7) is 5.34. The highest BCUT2D eigenvalue weighted by Crippen LogP contribution is 2.37. The molecule has 1 aromatic rings. The minimum Gasteiger partial charge on any atom is -0.490 e. The standard InChI is InChI=1S/C18H29NO2/c1-14(2)19-12-16(20)13-21-18-11-7-6-10-17(18)15-8-4-3-5-9-15/h6-7,10-11,14-16,19-20H,3-5,8-9,12-13H2,1-2H3/p+1/t16-/m0/s1. The Morgan fingerprint density at radius 2 is 1.90 bits per heavy atom. The van der Waals surface area contributed by atoms with Gasteiger partial charge in [-0.25, -0.2) is 0 Å². The Balaban J connectivity index is 1.90. The number of quaternary nitrogens is 1. The molecular weight excluding hydrogens is 262 g/mol. The summed E-state index contributed by atoms with van der Waals surface area (Å²) in [4.78, 5) is 0. The average Bonchev–Trinajstić information content (AvgIpc) is 2.52. The molecule has 0 unspecified atom stereocenters. The predicted molar refractivity (Wildman–Crippen MR) is 85.7 cm³/mol. The maximum atomic E-state index is 10.0. The normalized spacial score (nSPS) is 17.9. The van der Waals surface area contributed by atoms with Crippen molar-refractivity contribution in [2.45, 2.75) is 64.0 Å². The number of ether oxygens (including phenoxy) is 1. The average molecular weight is 292 g/mol. The van der Waals surface area contributed by atoms with Crippen LogP contribution in [0.1, 0.15) is 57.4 Å². The van der Waals surface area contributed by atoms with Crippen LogP contribution in [-0.2, 0) is 0 Å². The van der Waals surface area contributed by atoms with Gasteiger partial charge in [0, 0.05) is 0 Å². The van der Waals surface area contributed by atoms with Gasteiger partial charge in [-0.05, 0) is 44.2 Å². The molecule has 1 saturated carbocycles. The predicted octanol–water partition coefficient (Wildman–Crippen LogP) is 2.45. The lowest BCUT2D eigenvalue weighted by molar-refractivity contribution is -0.688. The van der Waals surface area contributed by atoms with Crippen LogP contribution in [0.3, 0.4) is 0 Å². The molecule has 1 aromatic carbocycles. The molecule has 3 N–H and O–H groups in total. The van der Waals surface area contributed by atoms with E-state index in [-0.39, 0.29) is 0 Å². The zero-order valence-electron chi connectivity index (χ0n) is 13.4. The summed E-state index contributed by atoms with van der Waals surface area (Å²) in [5, 5.41) is 12.1. The van der Waals surface area contributed by atoms with Gasteiger partial charge in [0.1, 0.15) is 25.0 Å². The van der Waals surface area contributed by atoms with Crippen molar-refractivity contribution in [3.05, 3.63) is 29.8 Å². The van der Waals surface area contributed by atoms with E-state index in [1.807, 2.05) is 12.1 Å². The fourth-order valence-electron chi connectivity index (χ4n) is 3.05. The van der Waals surface area contributed by atoms with Crippen molar-refractivity contribution in [3.8, 4) is 5.75 Å². The molecule has 118 valence electrons. The lowest BCUT2D eigenvalue weighted by atomic mass is 9.84. The number of benzene rings is 1. The third kappa shape index (κ3) is 5.33. The Morgan fingerprint density at radius 1 is 1.19 bits per heavy atom. The van der Waals surface area contributed by atoms with Gasteiger partial charge in [0.25, 0.3) is 0 Å². The van der Waals surface area contributed by atoms with Crippen molar-refractivity contribution in [3.63, 3.8) is 0 Å². The largest absolute Gasteiger partial charge is 0.490 e. The molecule has 0 heterocycles. The number of hydrogen-bond donors (Lipinski definition) is 2. The first-order chi connectivity index (χ1) is 10.2. The van der Waals surface area contributed by atoms with Gasteiger partial charge in [0.05, 0.1) is 6.04 Å². The third-order valence-corrected chi connectivity index (χ3v) is 4.27. The number of hydrogen-bond acceptors (Lipinski definition) is 2. The van der Waals surface area contributed by atoms with Crippen molar-refractivity contribution in [2.24, 2.45) is 0 Å². The van der Waals surface area contributed by atoms with Gasteiger partial charge in [-0.15, -0.1) is 0 Å². The Morgan fingerprint density at radius 3 is 2.62 bits per heavy atom. The number of aliphatic hydroxyl groups excluding tert-OH is 1. The Hall–Kier alpha value is -1.06. The first kappa shape index (κ1) is 16.3. The van der Waals surface area contributed by atoms with E-state index in [2.05, 4.69) is 31.3 Å². The molecule has 21 heavy (non-hydrogen) atoms. The highest BCUT2D eigenvalue weighted by molar-refractivity contribution is 5.36. The van der Waals surface area contributed by atoms with E-state index in [4.69, 9.17) is 4.74 Å². The van der Waals surface area contributed by atoms with E-state index in [1.165, 1.54) is 37.7 Å². The van der Waals surface area contributed by atoms with Crippen molar-refractivity contribution >= 4 is 0 Å². The van der Waals surface area contributed by atoms with Gasteiger partial charge in [0.2, 0.25) is 0 Å². The number of rotatable bonds is 7. The Labute approximate surface area is 128 Å². The molecule has 0 aromatic heterocycles. The maximum Gasteiger partial charge on any atom is 0.137 e. The molecule has 0 spiro atoms. The van der Waals surface area contributed by atoms with Crippen LogP contribution in [-0.4, -0.2) is 30.4 Å². The topological polar surface area (TPSA) is 46.1 Å². The first-order valence-electron chi connectivity index (χ1n) is 8.40. The second-order valence-corrected chi connectivity index (χ2v) is 6.55. The summed E-state index contributed by atoms with van der Waals surface area (Å²) < 4.78 is 5.91. The van der Waals surface area contributed by atoms with Crippen LogP contribution in [0.4, 0.5) is 0 Å². The fourth-order valence-corrected chi connectivity index (χ4v) is 3.05. The summed E-state index contributed by atoms with van der Waals surface area (Å²) in [5.41, 5.74) is 1.33. The van der Waals surface area contributed by atoms with Crippen molar-refractivity contribution < 1.29 is 15.2 Å². The molecule has 0 saturated heterocycles. The second kappa shape index (κ2) is 8.40. The van der Waals surface area contributed by atoms with Crippen molar-refractivity contribution in [2.75, 3.05) is 13.2 Å². The van der Waals surface area contributed by atoms with Crippen LogP contribution in [0, 0.1) is 0 Å². The molecule has 1 aliphatic rings. The Bertz CT molecular complexity index is 413. The van der Waals surface area contributed by atoms with Gasteiger partial charge >= 0.3 is 0 Å². The van der Waals surface area contributed by atoms with Gasteiger partial charge in [0.15, 0.2) is 0 Å². The molecule has 1 atom stereocenters. The van der Waals surface area contributed by atoms with Crippen LogP contribution in [0.2, 0.25) is 0 Å². The third-order valence-electron chi connectivity index (χ3n) is 4.27. The second-order valence-electron chi connectivity index (χ2n) is 6.55. The highest BCUT2D eigenvalue weighted by Gasteiger charge is 2.19. The molecule has 3 nitrogen and oxygen atoms in total. The molecule has 1 aliphatic carbocycles. The maximum absolute atomic E-state index is 10.0. The van der Waals surface area contributed by atoms with Crippen LogP contribution >= 0.6 is 0 Å². The van der Waals surface area contributed by atoms with Crippen LogP contribution < -0.4 is 10.1 Å². The quantitative estimate of drug-likeness (QED) is 0.811. The van der Waals surface area contributed by atoms with Crippen molar-refractivity contribution in [1.82, 2.24) is 0 Å². The van der Waals surface area contributed by atoms with E-state index < -0.39 is 6.10 Å². The molecule has 0 aliphatic heterocycles. The summed E-state index contributed by atoms with van der Waals surface area (Å²) in [5.74, 6) is 1.60. The van der Waals surface area contributed by atoms with Crippen LogP contribution in [0.5, 0.6) is 5.75 Å². The lowest BCUT2D eigenvalue weighted by Gasteiger charge is -2.24. The number of aliphatic hydroxyl groups is 1. The number of para-hydroxylation sites is 1. The Kier molecular flexibility index (Phi) is 6.52. The minimum atomic E-state index is -0.410. The summed E-state index contributed by atoms with van der Waals surface area (Å²) >= 11 is 0. The van der Waals surface area contributed by atoms with Gasteiger partial charge < -0.3 is 15.2 Å². The van der Waals surface area contributed by atoms with E-state index >= 15 is 0 Å². The van der Waals surface area contributed by atoms with Gasteiger partial charge in [-0.2, -0.15) is 0 Å². The van der Waals surface area contributed by atoms with Gasteiger partial charge in [-0.3, -0.25) is 0 Å². The zero-order valence-corrected chi connectivity index (χ0v) is 13.4. The van der Waals surface area contributed by atoms with E-state index in [0.717, 1.165) is 5.75 Å². The molecule has 1 fully saturated rings. The molecule has 3 heteroatoms. The monoisotopic (exact) mass is 292 g/mol. The molecule has 0 amide bonds. The van der Waals surface area contributed by atoms with E-state index in [9.17, 15) is 5.11 Å². The van der Waals surface area contributed by atoms with Crippen LogP contribution in [0.15, 0.2) is 24.3 Å². The smallest absolute Gasteiger partial charge is 0.137 e. The van der Waals surface area contributed by atoms with Crippen LogP contribution in [0.25, 0.3) is 0 Å². The van der Waals surface area contributed by atoms with E-state index in [0.29, 0.717) is 25.1 Å². The van der Waals surface area contributed by atoms with E-state index in [1.54, 1.807) is 0 Å². The SMILES string of the molecule is CC(C)[NH2+]C[C@H](O)COc1ccccc1C1CCCCC1. The summed E-state index contributed by atoms with van der Waals surface area (Å²) in [7, 11) is 0. The molecule has 0 bridgehead atoms. The zero-order chi connectivity index (χ0) is 15.1. The minimum absolute atomic E-state index is 0.382. The van der Waals surface area contributed by atoms with Crippen molar-refractivity contribution in [1.29, 1.82) is 0 Å².